The van der Waals surface area contributed by atoms with Crippen LogP contribution in [-0.2, 0) is 4.79 Å². The molecule has 0 aliphatic carbocycles. The SMILES string of the molecule is O=C(O)[C@H]1CSC(c2cccc(F)c2)N1. The van der Waals surface area contributed by atoms with Gasteiger partial charge in [0.05, 0.1) is 5.37 Å². The highest BCUT2D eigenvalue weighted by Gasteiger charge is 2.30. The summed E-state index contributed by atoms with van der Waals surface area (Å²) in [6.07, 6.45) is 0. The Bertz CT molecular complexity index is 385. The third-order valence-corrected chi connectivity index (χ3v) is 3.50. The zero-order valence-electron chi connectivity index (χ0n) is 7.81. The molecule has 15 heavy (non-hydrogen) atoms. The predicted octanol–water partition coefficient (Wildman–Crippen LogP) is 1.61. The van der Waals surface area contributed by atoms with Gasteiger partial charge in [-0.2, -0.15) is 0 Å². The third kappa shape index (κ3) is 2.30. The third-order valence-electron chi connectivity index (χ3n) is 2.23. The fourth-order valence-corrected chi connectivity index (χ4v) is 2.70. The number of carboxylic acid groups (broad SMARTS) is 1. The highest BCUT2D eigenvalue weighted by molar-refractivity contribution is 7.99. The van der Waals surface area contributed by atoms with Gasteiger partial charge >= 0.3 is 5.97 Å². The van der Waals surface area contributed by atoms with Gasteiger partial charge in [0.2, 0.25) is 0 Å². The van der Waals surface area contributed by atoms with Crippen molar-refractivity contribution in [1.29, 1.82) is 0 Å². The summed E-state index contributed by atoms with van der Waals surface area (Å²) in [7, 11) is 0. The Balaban J connectivity index is 2.11. The number of hydrogen-bond donors (Lipinski definition) is 2. The van der Waals surface area contributed by atoms with Gasteiger partial charge in [0.1, 0.15) is 11.9 Å². The van der Waals surface area contributed by atoms with E-state index in [-0.39, 0.29) is 11.2 Å². The van der Waals surface area contributed by atoms with Crippen LogP contribution in [0.2, 0.25) is 0 Å². The van der Waals surface area contributed by atoms with Crippen molar-refractivity contribution in [3.8, 4) is 0 Å². The predicted molar refractivity (Wildman–Crippen MR) is 56.2 cm³/mol. The lowest BCUT2D eigenvalue weighted by Crippen LogP contribution is -2.33. The van der Waals surface area contributed by atoms with E-state index in [0.29, 0.717) is 5.75 Å². The van der Waals surface area contributed by atoms with E-state index in [4.69, 9.17) is 5.11 Å². The Hall–Kier alpha value is -1.07. The zero-order valence-corrected chi connectivity index (χ0v) is 8.63. The van der Waals surface area contributed by atoms with Crippen molar-refractivity contribution in [2.75, 3.05) is 5.75 Å². The molecule has 3 nitrogen and oxygen atoms in total. The lowest BCUT2D eigenvalue weighted by Gasteiger charge is -2.10. The van der Waals surface area contributed by atoms with E-state index < -0.39 is 12.0 Å². The van der Waals surface area contributed by atoms with Crippen molar-refractivity contribution in [2.24, 2.45) is 0 Å². The van der Waals surface area contributed by atoms with Crippen LogP contribution in [0.4, 0.5) is 4.39 Å². The number of halogens is 1. The summed E-state index contributed by atoms with van der Waals surface area (Å²) in [6.45, 7) is 0. The Kier molecular flexibility index (Phi) is 2.93. The minimum absolute atomic E-state index is 0.123. The molecule has 0 spiro atoms. The number of nitrogens with one attached hydrogen (secondary N) is 1. The van der Waals surface area contributed by atoms with Crippen molar-refractivity contribution in [2.45, 2.75) is 11.4 Å². The van der Waals surface area contributed by atoms with Crippen LogP contribution in [0.25, 0.3) is 0 Å². The van der Waals surface area contributed by atoms with Crippen LogP contribution in [0.1, 0.15) is 10.9 Å². The summed E-state index contributed by atoms with van der Waals surface area (Å²) in [6, 6.07) is 5.68. The number of thioether (sulfide) groups is 1. The number of aliphatic carboxylic acids is 1. The van der Waals surface area contributed by atoms with Crippen LogP contribution in [-0.4, -0.2) is 22.9 Å². The fraction of sp³-hybridized carbons (Fsp3) is 0.300. The molecule has 1 saturated heterocycles. The van der Waals surface area contributed by atoms with E-state index in [0.717, 1.165) is 5.56 Å². The van der Waals surface area contributed by atoms with Gasteiger partial charge in [-0.05, 0) is 17.7 Å². The molecule has 1 aromatic carbocycles. The lowest BCUT2D eigenvalue weighted by molar-refractivity contribution is -0.138. The Labute approximate surface area is 90.7 Å². The first-order valence-electron chi connectivity index (χ1n) is 4.53. The van der Waals surface area contributed by atoms with Crippen LogP contribution >= 0.6 is 11.8 Å². The summed E-state index contributed by atoms with van der Waals surface area (Å²) in [4.78, 5) is 10.7. The van der Waals surface area contributed by atoms with Crippen molar-refractivity contribution in [1.82, 2.24) is 5.32 Å². The highest BCUT2D eigenvalue weighted by Crippen LogP contribution is 2.32. The topological polar surface area (TPSA) is 49.3 Å². The number of carboxylic acids is 1. The number of hydrogen-bond acceptors (Lipinski definition) is 3. The molecule has 1 heterocycles. The van der Waals surface area contributed by atoms with Gasteiger partial charge < -0.3 is 5.11 Å². The first-order valence-corrected chi connectivity index (χ1v) is 5.57. The Morgan fingerprint density at radius 1 is 1.60 bits per heavy atom. The van der Waals surface area contributed by atoms with Gasteiger partial charge in [-0.3, -0.25) is 10.1 Å². The van der Waals surface area contributed by atoms with E-state index in [9.17, 15) is 9.18 Å². The maximum absolute atomic E-state index is 12.9. The normalized spacial score (nSPS) is 25.4. The van der Waals surface area contributed by atoms with Crippen molar-refractivity contribution in [3.63, 3.8) is 0 Å². The van der Waals surface area contributed by atoms with Gasteiger partial charge in [-0.25, -0.2) is 4.39 Å². The summed E-state index contributed by atoms with van der Waals surface area (Å²) in [5, 5.41) is 11.6. The second-order valence-electron chi connectivity index (χ2n) is 3.33. The molecule has 0 aromatic heterocycles. The maximum atomic E-state index is 12.9. The molecule has 0 radical (unpaired) electrons. The van der Waals surface area contributed by atoms with Gasteiger partial charge in [0.25, 0.3) is 0 Å². The number of rotatable bonds is 2. The summed E-state index contributed by atoms with van der Waals surface area (Å²) < 4.78 is 12.9. The molecular formula is C10H10FNO2S. The molecule has 1 fully saturated rings. The Morgan fingerprint density at radius 2 is 2.40 bits per heavy atom. The van der Waals surface area contributed by atoms with Crippen molar-refractivity contribution < 1.29 is 14.3 Å². The van der Waals surface area contributed by atoms with Crippen LogP contribution in [0, 0.1) is 5.82 Å². The molecule has 1 aliphatic rings. The summed E-state index contributed by atoms with van der Waals surface area (Å²) in [5.41, 5.74) is 0.781. The summed E-state index contributed by atoms with van der Waals surface area (Å²) in [5.74, 6) is -0.647. The first-order chi connectivity index (χ1) is 7.16. The fourth-order valence-electron chi connectivity index (χ4n) is 1.48. The minimum atomic E-state index is -0.860. The Morgan fingerprint density at radius 3 is 3.00 bits per heavy atom. The second-order valence-corrected chi connectivity index (χ2v) is 4.46. The monoisotopic (exact) mass is 227 g/mol. The van der Waals surface area contributed by atoms with E-state index in [2.05, 4.69) is 5.32 Å². The highest BCUT2D eigenvalue weighted by atomic mass is 32.2. The zero-order chi connectivity index (χ0) is 10.8. The molecule has 5 heteroatoms. The average Bonchev–Trinajstić information content (AvgIpc) is 2.66. The van der Waals surface area contributed by atoms with Gasteiger partial charge in [-0.15, -0.1) is 11.8 Å². The minimum Gasteiger partial charge on any atom is -0.480 e. The molecule has 0 amide bonds. The first kappa shape index (κ1) is 10.4. The van der Waals surface area contributed by atoms with E-state index in [1.807, 2.05) is 0 Å². The number of benzene rings is 1. The molecule has 1 aliphatic heterocycles. The molecule has 0 bridgehead atoms. The van der Waals surface area contributed by atoms with Crippen LogP contribution in [0.5, 0.6) is 0 Å². The van der Waals surface area contributed by atoms with Crippen LogP contribution < -0.4 is 5.32 Å². The second kappa shape index (κ2) is 4.20. The van der Waals surface area contributed by atoms with Gasteiger partial charge in [0, 0.05) is 5.75 Å². The lowest BCUT2D eigenvalue weighted by atomic mass is 10.2. The summed E-state index contributed by atoms with van der Waals surface area (Å²) >= 11 is 1.48. The van der Waals surface area contributed by atoms with Crippen LogP contribution in [0.3, 0.4) is 0 Å². The van der Waals surface area contributed by atoms with Crippen molar-refractivity contribution >= 4 is 17.7 Å². The quantitative estimate of drug-likeness (QED) is 0.806. The molecule has 80 valence electrons. The van der Waals surface area contributed by atoms with Crippen LogP contribution in [0.15, 0.2) is 24.3 Å². The molecule has 2 atom stereocenters. The van der Waals surface area contributed by atoms with E-state index in [1.54, 1.807) is 12.1 Å². The molecule has 2 rings (SSSR count). The maximum Gasteiger partial charge on any atom is 0.321 e. The molecule has 1 aromatic rings. The molecule has 1 unspecified atom stereocenters. The number of carbonyl (C=O) groups is 1. The largest absolute Gasteiger partial charge is 0.480 e. The molecular weight excluding hydrogens is 217 g/mol. The standard InChI is InChI=1S/C10H10FNO2S/c11-7-3-1-2-6(4-7)9-12-8(5-15-9)10(13)14/h1-4,8-9,12H,5H2,(H,13,14)/t8-,9?/m1/s1. The molecule has 2 N–H and O–H groups in total. The smallest absolute Gasteiger partial charge is 0.321 e. The van der Waals surface area contributed by atoms with Crippen molar-refractivity contribution in [3.05, 3.63) is 35.6 Å². The average molecular weight is 227 g/mol. The van der Waals surface area contributed by atoms with E-state index >= 15 is 0 Å². The van der Waals surface area contributed by atoms with Gasteiger partial charge in [0.15, 0.2) is 0 Å². The van der Waals surface area contributed by atoms with Gasteiger partial charge in [-0.1, -0.05) is 12.1 Å². The van der Waals surface area contributed by atoms with E-state index in [1.165, 1.54) is 23.9 Å². The molecule has 0 saturated carbocycles.